The summed E-state index contributed by atoms with van der Waals surface area (Å²) in [7, 11) is 3.20. The molecule has 138 valence electrons. The van der Waals surface area contributed by atoms with Gasteiger partial charge in [0.1, 0.15) is 29.3 Å². The fourth-order valence-corrected chi connectivity index (χ4v) is 3.03. The second kappa shape index (κ2) is 8.51. The number of anilines is 2. The highest BCUT2D eigenvalue weighted by Crippen LogP contribution is 2.31. The molecule has 0 unspecified atom stereocenters. The Labute approximate surface area is 153 Å². The van der Waals surface area contributed by atoms with E-state index in [9.17, 15) is 4.79 Å². The molecule has 1 aromatic heterocycles. The number of hydrogen-bond acceptors (Lipinski definition) is 6. The monoisotopic (exact) mass is 356 g/mol. The van der Waals surface area contributed by atoms with Gasteiger partial charge in [0.2, 0.25) is 0 Å². The number of nitrogens with zero attached hydrogens (tertiary/aromatic N) is 3. The molecule has 7 heteroatoms. The van der Waals surface area contributed by atoms with E-state index in [4.69, 9.17) is 9.47 Å². The van der Waals surface area contributed by atoms with E-state index in [1.165, 1.54) is 19.2 Å². The van der Waals surface area contributed by atoms with Gasteiger partial charge in [0.25, 0.3) is 5.91 Å². The maximum atomic E-state index is 12.7. The van der Waals surface area contributed by atoms with Gasteiger partial charge in [-0.3, -0.25) is 4.79 Å². The van der Waals surface area contributed by atoms with Crippen molar-refractivity contribution >= 4 is 17.4 Å². The summed E-state index contributed by atoms with van der Waals surface area (Å²) in [5, 5.41) is 3.18. The molecule has 0 spiro atoms. The van der Waals surface area contributed by atoms with Gasteiger partial charge in [-0.15, -0.1) is 0 Å². The lowest BCUT2D eigenvalue weighted by atomic mass is 10.2. The SMILES string of the molecule is COc1ccc(OC)c(Nc2cc(C(=O)N3CCCCCC3)ncn2)c1. The van der Waals surface area contributed by atoms with Crippen molar-refractivity contribution in [2.24, 2.45) is 0 Å². The van der Waals surface area contributed by atoms with Crippen LogP contribution in [0.5, 0.6) is 11.5 Å². The van der Waals surface area contributed by atoms with Crippen molar-refractivity contribution in [1.82, 2.24) is 14.9 Å². The third kappa shape index (κ3) is 4.22. The number of amides is 1. The van der Waals surface area contributed by atoms with Gasteiger partial charge in [0.15, 0.2) is 0 Å². The van der Waals surface area contributed by atoms with Crippen LogP contribution in [0.15, 0.2) is 30.6 Å². The summed E-state index contributed by atoms with van der Waals surface area (Å²) in [6.07, 6.45) is 5.85. The average molecular weight is 356 g/mol. The van der Waals surface area contributed by atoms with Gasteiger partial charge < -0.3 is 19.7 Å². The average Bonchev–Trinajstić information content (AvgIpc) is 2.97. The van der Waals surface area contributed by atoms with Crippen LogP contribution < -0.4 is 14.8 Å². The lowest BCUT2D eigenvalue weighted by molar-refractivity contribution is 0.0755. The summed E-state index contributed by atoms with van der Waals surface area (Å²) in [6, 6.07) is 7.12. The first kappa shape index (κ1) is 18.0. The van der Waals surface area contributed by atoms with Crippen molar-refractivity contribution in [3.8, 4) is 11.5 Å². The number of aromatic nitrogens is 2. The molecule has 0 bridgehead atoms. The van der Waals surface area contributed by atoms with Gasteiger partial charge in [-0.2, -0.15) is 0 Å². The fraction of sp³-hybridized carbons (Fsp3) is 0.421. The molecule has 1 aliphatic heterocycles. The highest BCUT2D eigenvalue weighted by Gasteiger charge is 2.19. The third-order valence-electron chi connectivity index (χ3n) is 4.45. The zero-order valence-electron chi connectivity index (χ0n) is 15.2. The zero-order valence-corrected chi connectivity index (χ0v) is 15.2. The smallest absolute Gasteiger partial charge is 0.272 e. The number of hydrogen-bond donors (Lipinski definition) is 1. The van der Waals surface area contributed by atoms with E-state index >= 15 is 0 Å². The van der Waals surface area contributed by atoms with Crippen molar-refractivity contribution in [2.45, 2.75) is 25.7 Å². The van der Waals surface area contributed by atoms with E-state index in [0.29, 0.717) is 28.7 Å². The Morgan fingerprint density at radius 3 is 2.50 bits per heavy atom. The molecule has 1 fully saturated rings. The van der Waals surface area contributed by atoms with Gasteiger partial charge >= 0.3 is 0 Å². The third-order valence-corrected chi connectivity index (χ3v) is 4.45. The van der Waals surface area contributed by atoms with Crippen LogP contribution in [0.25, 0.3) is 0 Å². The number of methoxy groups -OCH3 is 2. The standard InChI is InChI=1S/C19H24N4O3/c1-25-14-7-8-17(26-2)15(11-14)22-18-12-16(20-13-21-18)19(24)23-9-5-3-4-6-10-23/h7-8,11-13H,3-6,9-10H2,1-2H3,(H,20,21,22). The van der Waals surface area contributed by atoms with Crippen LogP contribution in [0.3, 0.4) is 0 Å². The molecule has 1 saturated heterocycles. The number of nitrogens with one attached hydrogen (secondary N) is 1. The van der Waals surface area contributed by atoms with Crippen LogP contribution in [0.4, 0.5) is 11.5 Å². The molecule has 2 aromatic rings. The van der Waals surface area contributed by atoms with Gasteiger partial charge in [0.05, 0.1) is 19.9 Å². The molecular weight excluding hydrogens is 332 g/mol. The van der Waals surface area contributed by atoms with Crippen LogP contribution in [-0.4, -0.2) is 48.1 Å². The van der Waals surface area contributed by atoms with Gasteiger partial charge in [-0.05, 0) is 25.0 Å². The molecule has 26 heavy (non-hydrogen) atoms. The Balaban J connectivity index is 1.80. The first-order chi connectivity index (χ1) is 12.7. The Kier molecular flexibility index (Phi) is 5.88. The molecule has 7 nitrogen and oxygen atoms in total. The van der Waals surface area contributed by atoms with Gasteiger partial charge in [-0.25, -0.2) is 9.97 Å². The summed E-state index contributed by atoms with van der Waals surface area (Å²) in [6.45, 7) is 1.57. The number of likely N-dealkylation sites (tertiary alicyclic amines) is 1. The van der Waals surface area contributed by atoms with E-state index in [-0.39, 0.29) is 5.91 Å². The second-order valence-corrected chi connectivity index (χ2v) is 6.19. The first-order valence-electron chi connectivity index (χ1n) is 8.81. The van der Waals surface area contributed by atoms with Crippen LogP contribution >= 0.6 is 0 Å². The molecule has 0 radical (unpaired) electrons. The lowest BCUT2D eigenvalue weighted by Crippen LogP contribution is -2.32. The van der Waals surface area contributed by atoms with Crippen LogP contribution in [0.2, 0.25) is 0 Å². The Morgan fingerprint density at radius 2 is 1.81 bits per heavy atom. The molecule has 0 aliphatic carbocycles. The number of ether oxygens (including phenoxy) is 2. The van der Waals surface area contributed by atoms with E-state index in [0.717, 1.165) is 25.9 Å². The van der Waals surface area contributed by atoms with Gasteiger partial charge in [-0.1, -0.05) is 12.8 Å². The molecule has 1 amide bonds. The van der Waals surface area contributed by atoms with Crippen LogP contribution in [0.1, 0.15) is 36.2 Å². The minimum Gasteiger partial charge on any atom is -0.497 e. The summed E-state index contributed by atoms with van der Waals surface area (Å²) in [5.41, 5.74) is 1.10. The summed E-state index contributed by atoms with van der Waals surface area (Å²) >= 11 is 0. The predicted octanol–water partition coefficient (Wildman–Crippen LogP) is 3.25. The Bertz CT molecular complexity index is 758. The maximum Gasteiger partial charge on any atom is 0.272 e. The molecule has 0 atom stereocenters. The molecule has 3 rings (SSSR count). The summed E-state index contributed by atoms with van der Waals surface area (Å²) < 4.78 is 10.6. The normalized spacial score (nSPS) is 14.5. The van der Waals surface area contributed by atoms with E-state index in [2.05, 4.69) is 15.3 Å². The minimum absolute atomic E-state index is 0.0463. The van der Waals surface area contributed by atoms with Gasteiger partial charge in [0, 0.05) is 25.2 Å². The molecule has 1 aliphatic rings. The maximum absolute atomic E-state index is 12.7. The van der Waals surface area contributed by atoms with Crippen LogP contribution in [0, 0.1) is 0 Å². The molecule has 0 saturated carbocycles. The number of carbonyl (C=O) groups excluding carboxylic acids is 1. The van der Waals surface area contributed by atoms with Crippen molar-refractivity contribution in [3.63, 3.8) is 0 Å². The minimum atomic E-state index is -0.0463. The lowest BCUT2D eigenvalue weighted by Gasteiger charge is -2.20. The number of rotatable bonds is 5. The van der Waals surface area contributed by atoms with Crippen molar-refractivity contribution < 1.29 is 14.3 Å². The topological polar surface area (TPSA) is 76.6 Å². The number of benzene rings is 1. The summed E-state index contributed by atoms with van der Waals surface area (Å²) in [5.74, 6) is 1.84. The summed E-state index contributed by atoms with van der Waals surface area (Å²) in [4.78, 5) is 23.0. The van der Waals surface area contributed by atoms with E-state index in [1.807, 2.05) is 23.1 Å². The van der Waals surface area contributed by atoms with Crippen molar-refractivity contribution in [2.75, 3.05) is 32.6 Å². The van der Waals surface area contributed by atoms with Crippen molar-refractivity contribution in [1.29, 1.82) is 0 Å². The van der Waals surface area contributed by atoms with E-state index in [1.54, 1.807) is 20.3 Å². The number of carbonyl (C=O) groups is 1. The first-order valence-corrected chi connectivity index (χ1v) is 8.81. The Morgan fingerprint density at radius 1 is 1.04 bits per heavy atom. The zero-order chi connectivity index (χ0) is 18.4. The fourth-order valence-electron chi connectivity index (χ4n) is 3.03. The van der Waals surface area contributed by atoms with Crippen LogP contribution in [-0.2, 0) is 0 Å². The Hall–Kier alpha value is -2.83. The quantitative estimate of drug-likeness (QED) is 0.886. The highest BCUT2D eigenvalue weighted by atomic mass is 16.5. The highest BCUT2D eigenvalue weighted by molar-refractivity contribution is 5.93. The van der Waals surface area contributed by atoms with Crippen molar-refractivity contribution in [3.05, 3.63) is 36.3 Å². The molecule has 1 aromatic carbocycles. The molecule has 1 N–H and O–H groups in total. The largest absolute Gasteiger partial charge is 0.497 e. The molecular formula is C19H24N4O3. The molecule has 2 heterocycles. The second-order valence-electron chi connectivity index (χ2n) is 6.19. The van der Waals surface area contributed by atoms with E-state index < -0.39 is 0 Å². The predicted molar refractivity (Wildman–Crippen MR) is 99.2 cm³/mol.